The van der Waals surface area contributed by atoms with Gasteiger partial charge in [-0.2, -0.15) is 0 Å². The second-order valence-corrected chi connectivity index (χ2v) is 5.80. The third kappa shape index (κ3) is 6.46. The Morgan fingerprint density at radius 3 is 2.60 bits per heavy atom. The van der Waals surface area contributed by atoms with E-state index in [0.29, 0.717) is 23.8 Å². The molecule has 0 heterocycles. The molecule has 132 valence electrons. The molecule has 0 bridgehead atoms. The number of amides is 1. The Morgan fingerprint density at radius 1 is 1.04 bits per heavy atom. The average molecular weight is 408 g/mol. The second kappa shape index (κ2) is 9.68. The number of halogens is 1. The summed E-state index contributed by atoms with van der Waals surface area (Å²) >= 11 is 3.31. The van der Waals surface area contributed by atoms with Crippen LogP contribution in [0.2, 0.25) is 0 Å². The summed E-state index contributed by atoms with van der Waals surface area (Å²) in [5.74, 6) is 0.000241. The number of anilines is 1. The average Bonchev–Trinajstić information content (AvgIpc) is 2.60. The van der Waals surface area contributed by atoms with Crippen LogP contribution in [0, 0.1) is 0 Å². The standard InChI is InChI=1S/C18H18BrNO5/c1-2-23-16-9-4-3-8-15(16)20-17(21)11-25-18(22)12-24-14-7-5-6-13(19)10-14/h3-10H,2,11-12H2,1H3,(H,20,21). The maximum absolute atomic E-state index is 11.9. The largest absolute Gasteiger partial charge is 0.492 e. The number of nitrogens with one attached hydrogen (secondary N) is 1. The zero-order chi connectivity index (χ0) is 18.1. The van der Waals surface area contributed by atoms with Gasteiger partial charge in [0.15, 0.2) is 13.2 Å². The molecule has 0 aliphatic rings. The lowest BCUT2D eigenvalue weighted by Crippen LogP contribution is -2.23. The fourth-order valence-electron chi connectivity index (χ4n) is 1.92. The third-order valence-corrected chi connectivity index (χ3v) is 3.47. The molecule has 6 nitrogen and oxygen atoms in total. The van der Waals surface area contributed by atoms with Gasteiger partial charge in [0.2, 0.25) is 0 Å². The van der Waals surface area contributed by atoms with Crippen LogP contribution in [0.1, 0.15) is 6.92 Å². The van der Waals surface area contributed by atoms with E-state index in [2.05, 4.69) is 21.2 Å². The van der Waals surface area contributed by atoms with E-state index in [1.807, 2.05) is 13.0 Å². The van der Waals surface area contributed by atoms with Crippen molar-refractivity contribution in [2.75, 3.05) is 25.1 Å². The molecule has 1 amide bonds. The number of benzene rings is 2. The molecule has 0 unspecified atom stereocenters. The van der Waals surface area contributed by atoms with Crippen LogP contribution >= 0.6 is 15.9 Å². The molecule has 0 radical (unpaired) electrons. The van der Waals surface area contributed by atoms with Crippen molar-refractivity contribution in [2.24, 2.45) is 0 Å². The van der Waals surface area contributed by atoms with E-state index < -0.39 is 18.5 Å². The molecular formula is C18H18BrNO5. The van der Waals surface area contributed by atoms with E-state index in [0.717, 1.165) is 4.47 Å². The highest BCUT2D eigenvalue weighted by Crippen LogP contribution is 2.23. The fourth-order valence-corrected chi connectivity index (χ4v) is 2.30. The highest BCUT2D eigenvalue weighted by molar-refractivity contribution is 9.10. The molecule has 25 heavy (non-hydrogen) atoms. The highest BCUT2D eigenvalue weighted by Gasteiger charge is 2.11. The smallest absolute Gasteiger partial charge is 0.344 e. The normalized spacial score (nSPS) is 10.0. The zero-order valence-electron chi connectivity index (χ0n) is 13.7. The fraction of sp³-hybridized carbons (Fsp3) is 0.222. The number of esters is 1. The van der Waals surface area contributed by atoms with Gasteiger partial charge >= 0.3 is 5.97 Å². The van der Waals surface area contributed by atoms with Crippen molar-refractivity contribution in [2.45, 2.75) is 6.92 Å². The number of rotatable bonds is 8. The molecule has 0 saturated carbocycles. The molecule has 0 atom stereocenters. The molecule has 2 aromatic carbocycles. The van der Waals surface area contributed by atoms with Gasteiger partial charge < -0.3 is 19.5 Å². The molecule has 1 N–H and O–H groups in total. The van der Waals surface area contributed by atoms with Gasteiger partial charge in [-0.05, 0) is 37.3 Å². The molecule has 0 saturated heterocycles. The maximum atomic E-state index is 11.9. The first kappa shape index (κ1) is 18.8. The number of para-hydroxylation sites is 2. The van der Waals surface area contributed by atoms with Crippen LogP contribution in [0.15, 0.2) is 53.0 Å². The van der Waals surface area contributed by atoms with E-state index in [1.165, 1.54) is 0 Å². The van der Waals surface area contributed by atoms with Gasteiger partial charge in [0.05, 0.1) is 12.3 Å². The number of ether oxygens (including phenoxy) is 3. The van der Waals surface area contributed by atoms with Gasteiger partial charge in [0.25, 0.3) is 5.91 Å². The van der Waals surface area contributed by atoms with Crippen LogP contribution in [0.25, 0.3) is 0 Å². The first-order valence-corrected chi connectivity index (χ1v) is 8.43. The van der Waals surface area contributed by atoms with Crippen LogP contribution in [0.3, 0.4) is 0 Å². The van der Waals surface area contributed by atoms with Gasteiger partial charge in [-0.15, -0.1) is 0 Å². The molecule has 2 aromatic rings. The quantitative estimate of drug-likeness (QED) is 0.678. The van der Waals surface area contributed by atoms with Crippen molar-refractivity contribution in [1.82, 2.24) is 0 Å². The predicted octanol–water partition coefficient (Wildman–Crippen LogP) is 3.41. The first-order chi connectivity index (χ1) is 12.1. The van der Waals surface area contributed by atoms with Crippen molar-refractivity contribution in [1.29, 1.82) is 0 Å². The zero-order valence-corrected chi connectivity index (χ0v) is 15.2. The van der Waals surface area contributed by atoms with Crippen molar-refractivity contribution >= 4 is 33.5 Å². The highest BCUT2D eigenvalue weighted by atomic mass is 79.9. The number of hydrogen-bond donors (Lipinski definition) is 1. The van der Waals surface area contributed by atoms with E-state index in [1.54, 1.807) is 42.5 Å². The Morgan fingerprint density at radius 2 is 1.84 bits per heavy atom. The minimum atomic E-state index is -0.631. The van der Waals surface area contributed by atoms with Crippen LogP contribution in [-0.2, 0) is 14.3 Å². The van der Waals surface area contributed by atoms with Crippen molar-refractivity contribution < 1.29 is 23.8 Å². The topological polar surface area (TPSA) is 73.9 Å². The summed E-state index contributed by atoms with van der Waals surface area (Å²) in [4.78, 5) is 23.6. The minimum absolute atomic E-state index is 0.279. The molecule has 7 heteroatoms. The summed E-state index contributed by atoms with van der Waals surface area (Å²) in [6.07, 6.45) is 0. The van der Waals surface area contributed by atoms with Gasteiger partial charge in [-0.25, -0.2) is 4.79 Å². The molecule has 0 aliphatic heterocycles. The monoisotopic (exact) mass is 407 g/mol. The van der Waals surface area contributed by atoms with Crippen molar-refractivity contribution in [3.63, 3.8) is 0 Å². The second-order valence-electron chi connectivity index (χ2n) is 4.88. The minimum Gasteiger partial charge on any atom is -0.492 e. The predicted molar refractivity (Wildman–Crippen MR) is 96.8 cm³/mol. The molecule has 0 aromatic heterocycles. The molecule has 2 rings (SSSR count). The summed E-state index contributed by atoms with van der Waals surface area (Å²) in [6, 6.07) is 14.1. The van der Waals surface area contributed by atoms with E-state index >= 15 is 0 Å². The van der Waals surface area contributed by atoms with Gasteiger partial charge in [-0.3, -0.25) is 4.79 Å². The number of carbonyl (C=O) groups excluding carboxylic acids is 2. The van der Waals surface area contributed by atoms with Crippen LogP contribution in [-0.4, -0.2) is 31.7 Å². The molecule has 0 aliphatic carbocycles. The van der Waals surface area contributed by atoms with E-state index in [4.69, 9.17) is 14.2 Å². The molecule has 0 fully saturated rings. The third-order valence-electron chi connectivity index (χ3n) is 2.98. The van der Waals surface area contributed by atoms with Gasteiger partial charge in [-0.1, -0.05) is 34.1 Å². The molecular weight excluding hydrogens is 390 g/mol. The molecule has 0 spiro atoms. The number of carbonyl (C=O) groups is 2. The SMILES string of the molecule is CCOc1ccccc1NC(=O)COC(=O)COc1cccc(Br)c1. The first-order valence-electron chi connectivity index (χ1n) is 7.64. The number of hydrogen-bond acceptors (Lipinski definition) is 5. The van der Waals surface area contributed by atoms with Crippen molar-refractivity contribution in [3.05, 3.63) is 53.0 Å². The summed E-state index contributed by atoms with van der Waals surface area (Å²) < 4.78 is 16.4. The Labute approximate surface area is 154 Å². The maximum Gasteiger partial charge on any atom is 0.344 e. The lowest BCUT2D eigenvalue weighted by atomic mass is 10.3. The van der Waals surface area contributed by atoms with Crippen LogP contribution in [0.5, 0.6) is 11.5 Å². The Balaban J connectivity index is 1.77. The lowest BCUT2D eigenvalue weighted by molar-refractivity contribution is -0.149. The van der Waals surface area contributed by atoms with Gasteiger partial charge in [0.1, 0.15) is 11.5 Å². The Hall–Kier alpha value is -2.54. The van der Waals surface area contributed by atoms with Crippen molar-refractivity contribution in [3.8, 4) is 11.5 Å². The summed E-state index contributed by atoms with van der Waals surface area (Å²) in [6.45, 7) is 1.65. The Kier molecular flexibility index (Phi) is 7.28. The van der Waals surface area contributed by atoms with E-state index in [9.17, 15) is 9.59 Å². The summed E-state index contributed by atoms with van der Waals surface area (Å²) in [7, 11) is 0. The van der Waals surface area contributed by atoms with Gasteiger partial charge in [0, 0.05) is 4.47 Å². The summed E-state index contributed by atoms with van der Waals surface area (Å²) in [5.41, 5.74) is 0.524. The van der Waals surface area contributed by atoms with E-state index in [-0.39, 0.29) is 6.61 Å². The van der Waals surface area contributed by atoms with Crippen LogP contribution < -0.4 is 14.8 Å². The summed E-state index contributed by atoms with van der Waals surface area (Å²) in [5, 5.41) is 2.64. The lowest BCUT2D eigenvalue weighted by Gasteiger charge is -2.11. The Bertz CT molecular complexity index is 735. The van der Waals surface area contributed by atoms with Crippen LogP contribution in [0.4, 0.5) is 5.69 Å².